The molecule has 7 heteroatoms. The maximum Gasteiger partial charge on any atom is 0.264 e. The molecule has 0 saturated carbocycles. The van der Waals surface area contributed by atoms with E-state index in [9.17, 15) is 8.42 Å². The van der Waals surface area contributed by atoms with Gasteiger partial charge in [-0.1, -0.05) is 20.8 Å². The number of hydrogen-bond acceptors (Lipinski definition) is 5. The third-order valence-electron chi connectivity index (χ3n) is 3.27. The molecule has 19 heavy (non-hydrogen) atoms. The van der Waals surface area contributed by atoms with E-state index in [1.807, 2.05) is 6.92 Å². The highest BCUT2D eigenvalue weighted by Gasteiger charge is 2.37. The van der Waals surface area contributed by atoms with Crippen molar-refractivity contribution in [3.8, 4) is 0 Å². The molecule has 0 aliphatic rings. The summed E-state index contributed by atoms with van der Waals surface area (Å²) in [4.78, 5) is 0. The van der Waals surface area contributed by atoms with Crippen molar-refractivity contribution in [2.75, 3.05) is 26.1 Å². The average Bonchev–Trinajstić information content (AvgIpc) is 2.18. The van der Waals surface area contributed by atoms with Crippen LogP contribution in [0.4, 0.5) is 0 Å². The van der Waals surface area contributed by atoms with Crippen LogP contribution in [0, 0.1) is 0 Å². The van der Waals surface area contributed by atoms with Crippen molar-refractivity contribution in [3.63, 3.8) is 0 Å². The summed E-state index contributed by atoms with van der Waals surface area (Å²) in [7, 11) is -5.13. The van der Waals surface area contributed by atoms with Crippen LogP contribution in [0.5, 0.6) is 0 Å². The van der Waals surface area contributed by atoms with Crippen molar-refractivity contribution < 1.29 is 21.8 Å². The molecule has 1 unspecified atom stereocenters. The molecule has 0 saturated heterocycles. The zero-order chi connectivity index (χ0) is 15.3. The minimum atomic E-state index is -3.38. The topological polar surface area (TPSA) is 61.8 Å². The lowest BCUT2D eigenvalue weighted by molar-refractivity contribution is 0.0150. The van der Waals surface area contributed by atoms with Crippen molar-refractivity contribution in [1.29, 1.82) is 0 Å². The lowest BCUT2D eigenvalue weighted by Crippen LogP contribution is -2.42. The minimum absolute atomic E-state index is 0.0449. The van der Waals surface area contributed by atoms with Crippen molar-refractivity contribution >= 4 is 18.4 Å². The molecule has 0 aliphatic heterocycles. The summed E-state index contributed by atoms with van der Waals surface area (Å²) in [5.41, 5.74) is 0. The monoisotopic (exact) mass is 312 g/mol. The Morgan fingerprint density at radius 2 is 1.68 bits per heavy atom. The molecule has 0 aliphatic carbocycles. The van der Waals surface area contributed by atoms with Crippen LogP contribution in [0.2, 0.25) is 18.1 Å². The summed E-state index contributed by atoms with van der Waals surface area (Å²) < 4.78 is 37.5. The van der Waals surface area contributed by atoms with Gasteiger partial charge in [0.25, 0.3) is 10.1 Å². The Labute approximate surface area is 118 Å². The number of rotatable bonds is 8. The van der Waals surface area contributed by atoms with Gasteiger partial charge in [-0.15, -0.1) is 0 Å². The van der Waals surface area contributed by atoms with E-state index in [2.05, 4.69) is 38.0 Å². The van der Waals surface area contributed by atoms with Crippen molar-refractivity contribution in [2.45, 2.75) is 51.9 Å². The molecule has 1 atom stereocenters. The predicted molar refractivity (Wildman–Crippen MR) is 79.4 cm³/mol. The maximum atomic E-state index is 10.7. The minimum Gasteiger partial charge on any atom is -0.414 e. The molecule has 0 rings (SSSR count). The summed E-state index contributed by atoms with van der Waals surface area (Å²) in [5, 5.41) is 0.173. The van der Waals surface area contributed by atoms with Crippen LogP contribution in [-0.2, 0) is 23.5 Å². The van der Waals surface area contributed by atoms with Gasteiger partial charge in [-0.2, -0.15) is 8.42 Å². The standard InChI is InChI=1S/C12H28O5SSi/c1-11(15-8-9-16-18(5,13)14)10-17-19(6,7)12(2,3)4/h11H,8-10H2,1-7H3. The van der Waals surface area contributed by atoms with Gasteiger partial charge in [-0.05, 0) is 25.1 Å². The van der Waals surface area contributed by atoms with Crippen molar-refractivity contribution in [3.05, 3.63) is 0 Å². The first kappa shape index (κ1) is 19.0. The lowest BCUT2D eigenvalue weighted by atomic mass is 10.2. The van der Waals surface area contributed by atoms with Crippen molar-refractivity contribution in [2.24, 2.45) is 0 Å². The van der Waals surface area contributed by atoms with Gasteiger partial charge >= 0.3 is 0 Å². The fourth-order valence-corrected chi connectivity index (χ4v) is 2.48. The fraction of sp³-hybridized carbons (Fsp3) is 1.00. The first-order chi connectivity index (χ1) is 8.35. The molecule has 0 radical (unpaired) electrons. The highest BCUT2D eigenvalue weighted by atomic mass is 32.2. The van der Waals surface area contributed by atoms with Gasteiger partial charge in [-0.25, -0.2) is 0 Å². The second-order valence-corrected chi connectivity index (χ2v) is 12.7. The van der Waals surface area contributed by atoms with Crippen LogP contribution >= 0.6 is 0 Å². The first-order valence-corrected chi connectivity index (χ1v) is 11.2. The van der Waals surface area contributed by atoms with Crippen LogP contribution in [0.1, 0.15) is 27.7 Å². The molecular weight excluding hydrogens is 284 g/mol. The summed E-state index contributed by atoms with van der Waals surface area (Å²) in [6.07, 6.45) is 0.953. The third kappa shape index (κ3) is 8.75. The SMILES string of the molecule is CC(CO[Si](C)(C)C(C)(C)C)OCCOS(C)(=O)=O. The Kier molecular flexibility index (Phi) is 7.19. The molecular formula is C12H28O5SSi. The molecule has 0 amide bonds. The van der Waals surface area contributed by atoms with Gasteiger partial charge in [0.1, 0.15) is 0 Å². The number of hydrogen-bond donors (Lipinski definition) is 0. The Balaban J connectivity index is 3.91. The zero-order valence-electron chi connectivity index (χ0n) is 13.1. The fourth-order valence-electron chi connectivity index (χ4n) is 1.02. The molecule has 0 aromatic carbocycles. The quantitative estimate of drug-likeness (QED) is 0.391. The predicted octanol–water partition coefficient (Wildman–Crippen LogP) is 2.39. The Morgan fingerprint density at radius 1 is 1.16 bits per heavy atom. The van der Waals surface area contributed by atoms with Crippen LogP contribution in [-0.4, -0.2) is 48.9 Å². The molecule has 0 N–H and O–H groups in total. The summed E-state index contributed by atoms with van der Waals surface area (Å²) >= 11 is 0. The Morgan fingerprint density at radius 3 is 2.11 bits per heavy atom. The van der Waals surface area contributed by atoms with E-state index in [0.29, 0.717) is 6.61 Å². The molecule has 0 spiro atoms. The van der Waals surface area contributed by atoms with Crippen LogP contribution in [0.25, 0.3) is 0 Å². The van der Waals surface area contributed by atoms with Gasteiger partial charge in [0.05, 0.1) is 32.2 Å². The van der Waals surface area contributed by atoms with Gasteiger partial charge < -0.3 is 9.16 Å². The van der Waals surface area contributed by atoms with Crippen LogP contribution < -0.4 is 0 Å². The van der Waals surface area contributed by atoms with E-state index in [1.165, 1.54) is 0 Å². The third-order valence-corrected chi connectivity index (χ3v) is 8.36. The van der Waals surface area contributed by atoms with Crippen LogP contribution in [0.3, 0.4) is 0 Å². The largest absolute Gasteiger partial charge is 0.414 e. The molecule has 0 aromatic rings. The van der Waals surface area contributed by atoms with E-state index >= 15 is 0 Å². The normalized spacial score (nSPS) is 15.5. The zero-order valence-corrected chi connectivity index (χ0v) is 15.0. The summed E-state index contributed by atoms with van der Waals surface area (Å²) in [5.74, 6) is 0. The average molecular weight is 313 g/mol. The van der Waals surface area contributed by atoms with Gasteiger partial charge in [0.15, 0.2) is 8.32 Å². The van der Waals surface area contributed by atoms with E-state index < -0.39 is 18.4 Å². The highest BCUT2D eigenvalue weighted by Crippen LogP contribution is 2.36. The van der Waals surface area contributed by atoms with Gasteiger partial charge in [-0.3, -0.25) is 4.18 Å². The molecule has 0 heterocycles. The maximum absolute atomic E-state index is 10.7. The molecule has 5 nitrogen and oxygen atoms in total. The Bertz CT molecular complexity index is 359. The van der Waals surface area contributed by atoms with E-state index in [-0.39, 0.29) is 24.4 Å². The summed E-state index contributed by atoms with van der Waals surface area (Å²) in [6, 6.07) is 0. The Hall–Kier alpha value is 0.0469. The second kappa shape index (κ2) is 7.17. The van der Waals surface area contributed by atoms with Gasteiger partial charge in [0, 0.05) is 0 Å². The second-order valence-electron chi connectivity index (χ2n) is 6.28. The molecule has 0 aromatic heterocycles. The smallest absolute Gasteiger partial charge is 0.264 e. The van der Waals surface area contributed by atoms with Crippen molar-refractivity contribution in [1.82, 2.24) is 0 Å². The molecule has 0 bridgehead atoms. The van der Waals surface area contributed by atoms with E-state index in [4.69, 9.17) is 9.16 Å². The van der Waals surface area contributed by atoms with Crippen LogP contribution in [0.15, 0.2) is 0 Å². The number of ether oxygens (including phenoxy) is 1. The first-order valence-electron chi connectivity index (χ1n) is 6.45. The van der Waals surface area contributed by atoms with E-state index in [0.717, 1.165) is 6.26 Å². The van der Waals surface area contributed by atoms with E-state index in [1.54, 1.807) is 0 Å². The summed E-state index contributed by atoms with van der Waals surface area (Å²) in [6.45, 7) is 13.7. The molecule has 116 valence electrons. The molecule has 0 fully saturated rings. The lowest BCUT2D eigenvalue weighted by Gasteiger charge is -2.36. The highest BCUT2D eigenvalue weighted by molar-refractivity contribution is 7.85. The van der Waals surface area contributed by atoms with Gasteiger partial charge in [0.2, 0.25) is 0 Å².